The van der Waals surface area contributed by atoms with Crippen molar-refractivity contribution in [1.29, 1.82) is 0 Å². The molecule has 1 amide bonds. The Morgan fingerprint density at radius 3 is 2.84 bits per heavy atom. The Labute approximate surface area is 147 Å². The number of aromatic nitrogens is 1. The van der Waals surface area contributed by atoms with Gasteiger partial charge in [0.15, 0.2) is 5.76 Å². The van der Waals surface area contributed by atoms with E-state index in [0.29, 0.717) is 23.3 Å². The van der Waals surface area contributed by atoms with Gasteiger partial charge in [0.2, 0.25) is 5.71 Å². The molecule has 0 aliphatic heterocycles. The highest BCUT2D eigenvalue weighted by Gasteiger charge is 2.29. The topological polar surface area (TPSA) is 55.1 Å². The van der Waals surface area contributed by atoms with E-state index in [4.69, 9.17) is 4.42 Å². The van der Waals surface area contributed by atoms with Crippen LogP contribution in [0.2, 0.25) is 0 Å². The molecule has 1 N–H and O–H groups in total. The van der Waals surface area contributed by atoms with Gasteiger partial charge in [0.05, 0.1) is 5.52 Å². The number of amides is 1. The first-order chi connectivity index (χ1) is 12.0. The van der Waals surface area contributed by atoms with Crippen LogP contribution in [0.5, 0.6) is 0 Å². The highest BCUT2D eigenvalue weighted by molar-refractivity contribution is 5.98. The standard InChI is InChI=1S/C21H24N2O2/c1-12-7-8-15-10-16-11-19(25-21(16)23-18(15)9-12)20(24)22-17-6-4-5-13(2)14(17)3/h7-11,13-14,17H,4-6H2,1-3H3,(H,22,24). The zero-order valence-electron chi connectivity index (χ0n) is 15.0. The quantitative estimate of drug-likeness (QED) is 0.728. The molecule has 2 heterocycles. The predicted molar refractivity (Wildman–Crippen MR) is 99.7 cm³/mol. The zero-order chi connectivity index (χ0) is 17.6. The highest BCUT2D eigenvalue weighted by atomic mass is 16.4. The Hall–Kier alpha value is -2.36. The van der Waals surface area contributed by atoms with E-state index in [1.165, 1.54) is 12.8 Å². The van der Waals surface area contributed by atoms with Gasteiger partial charge in [-0.05, 0) is 48.9 Å². The minimum atomic E-state index is -0.135. The lowest BCUT2D eigenvalue weighted by Gasteiger charge is -2.34. The van der Waals surface area contributed by atoms with Gasteiger partial charge in [-0.3, -0.25) is 4.79 Å². The van der Waals surface area contributed by atoms with Gasteiger partial charge in [-0.15, -0.1) is 0 Å². The van der Waals surface area contributed by atoms with Crippen molar-refractivity contribution in [1.82, 2.24) is 10.3 Å². The van der Waals surface area contributed by atoms with Gasteiger partial charge in [0.25, 0.3) is 5.91 Å². The van der Waals surface area contributed by atoms with Gasteiger partial charge in [-0.1, -0.05) is 38.8 Å². The van der Waals surface area contributed by atoms with Crippen molar-refractivity contribution in [3.63, 3.8) is 0 Å². The van der Waals surface area contributed by atoms with E-state index < -0.39 is 0 Å². The average Bonchev–Trinajstić information content (AvgIpc) is 3.00. The third-order valence-electron chi connectivity index (χ3n) is 5.71. The normalized spacial score (nSPS) is 23.9. The lowest BCUT2D eigenvalue weighted by Crippen LogP contribution is -2.43. The summed E-state index contributed by atoms with van der Waals surface area (Å²) in [6, 6.07) is 10.2. The summed E-state index contributed by atoms with van der Waals surface area (Å²) in [6.07, 6.45) is 3.45. The molecular weight excluding hydrogens is 312 g/mol. The SMILES string of the molecule is Cc1ccc2cc3cc(C(=O)NC4CCCC(C)C4C)oc3nc2c1. The Bertz CT molecular complexity index is 944. The number of pyridine rings is 1. The van der Waals surface area contributed by atoms with Crippen molar-refractivity contribution >= 4 is 27.9 Å². The minimum Gasteiger partial charge on any atom is -0.433 e. The van der Waals surface area contributed by atoms with Crippen molar-refractivity contribution in [3.8, 4) is 0 Å². The van der Waals surface area contributed by atoms with Gasteiger partial charge < -0.3 is 9.73 Å². The van der Waals surface area contributed by atoms with Crippen molar-refractivity contribution in [3.05, 3.63) is 41.7 Å². The molecule has 2 aromatic heterocycles. The van der Waals surface area contributed by atoms with Crippen molar-refractivity contribution in [2.45, 2.75) is 46.1 Å². The fourth-order valence-electron chi connectivity index (χ4n) is 3.87. The second-order valence-corrected chi connectivity index (χ2v) is 7.54. The number of hydrogen-bond donors (Lipinski definition) is 1. The maximum atomic E-state index is 12.6. The number of carbonyl (C=O) groups is 1. The summed E-state index contributed by atoms with van der Waals surface area (Å²) >= 11 is 0. The Kier molecular flexibility index (Phi) is 3.98. The van der Waals surface area contributed by atoms with E-state index in [0.717, 1.165) is 28.3 Å². The average molecular weight is 336 g/mol. The molecular formula is C21H24N2O2. The molecule has 130 valence electrons. The molecule has 1 aliphatic carbocycles. The first-order valence-electron chi connectivity index (χ1n) is 9.13. The molecule has 4 rings (SSSR count). The van der Waals surface area contributed by atoms with Crippen molar-refractivity contribution in [2.75, 3.05) is 0 Å². The Morgan fingerprint density at radius 1 is 1.16 bits per heavy atom. The second-order valence-electron chi connectivity index (χ2n) is 7.54. The van der Waals surface area contributed by atoms with Crippen molar-refractivity contribution < 1.29 is 9.21 Å². The largest absolute Gasteiger partial charge is 0.433 e. The fraction of sp³-hybridized carbons (Fsp3) is 0.429. The number of nitrogens with zero attached hydrogens (tertiary/aromatic N) is 1. The maximum Gasteiger partial charge on any atom is 0.287 e. The summed E-state index contributed by atoms with van der Waals surface area (Å²) in [5.41, 5.74) is 2.57. The van der Waals surface area contributed by atoms with Crippen LogP contribution in [0.1, 0.15) is 49.2 Å². The van der Waals surface area contributed by atoms with Crippen molar-refractivity contribution in [2.24, 2.45) is 11.8 Å². The number of benzene rings is 1. The van der Waals surface area contributed by atoms with E-state index >= 15 is 0 Å². The molecule has 25 heavy (non-hydrogen) atoms. The highest BCUT2D eigenvalue weighted by Crippen LogP contribution is 2.30. The molecule has 3 unspecified atom stereocenters. The van der Waals surface area contributed by atoms with Gasteiger partial charge in [0.1, 0.15) is 0 Å². The van der Waals surface area contributed by atoms with Gasteiger partial charge in [-0.25, -0.2) is 4.98 Å². The first kappa shape index (κ1) is 16.1. The predicted octanol–water partition coefficient (Wildman–Crippen LogP) is 4.84. The van der Waals surface area contributed by atoms with Crippen LogP contribution in [0.15, 0.2) is 34.7 Å². The summed E-state index contributed by atoms with van der Waals surface area (Å²) < 4.78 is 5.76. The molecule has 0 bridgehead atoms. The molecule has 1 aliphatic rings. The van der Waals surface area contributed by atoms with E-state index in [9.17, 15) is 4.79 Å². The van der Waals surface area contributed by atoms with Crippen LogP contribution >= 0.6 is 0 Å². The Morgan fingerprint density at radius 2 is 2.00 bits per heavy atom. The van der Waals surface area contributed by atoms with Crippen LogP contribution in [0.4, 0.5) is 0 Å². The van der Waals surface area contributed by atoms with Crippen LogP contribution in [0.3, 0.4) is 0 Å². The summed E-state index contributed by atoms with van der Waals surface area (Å²) in [5, 5.41) is 5.09. The first-order valence-corrected chi connectivity index (χ1v) is 9.13. The van der Waals surface area contributed by atoms with E-state index in [1.54, 1.807) is 6.07 Å². The van der Waals surface area contributed by atoms with Crippen LogP contribution in [0.25, 0.3) is 22.0 Å². The van der Waals surface area contributed by atoms with E-state index in [1.807, 2.05) is 19.1 Å². The second kappa shape index (κ2) is 6.17. The smallest absolute Gasteiger partial charge is 0.287 e. The van der Waals surface area contributed by atoms with Gasteiger partial charge in [0, 0.05) is 16.8 Å². The molecule has 4 heteroatoms. The third-order valence-corrected chi connectivity index (χ3v) is 5.71. The molecule has 1 aromatic carbocycles. The van der Waals surface area contributed by atoms with Crippen LogP contribution in [-0.4, -0.2) is 16.9 Å². The summed E-state index contributed by atoms with van der Waals surface area (Å²) in [5.74, 6) is 1.35. The molecule has 3 atom stereocenters. The third kappa shape index (κ3) is 3.01. The van der Waals surface area contributed by atoms with Gasteiger partial charge >= 0.3 is 0 Å². The zero-order valence-corrected chi connectivity index (χ0v) is 15.0. The van der Waals surface area contributed by atoms with Gasteiger partial charge in [-0.2, -0.15) is 0 Å². The summed E-state index contributed by atoms with van der Waals surface area (Å²) in [6.45, 7) is 6.53. The number of fused-ring (bicyclic) bond motifs is 2. The van der Waals surface area contributed by atoms with Crippen LogP contribution < -0.4 is 5.32 Å². The molecule has 3 aromatic rings. The number of furan rings is 1. The monoisotopic (exact) mass is 336 g/mol. The van der Waals surface area contributed by atoms with Crippen LogP contribution in [-0.2, 0) is 0 Å². The summed E-state index contributed by atoms with van der Waals surface area (Å²) in [4.78, 5) is 17.2. The Balaban J connectivity index is 1.62. The lowest BCUT2D eigenvalue weighted by molar-refractivity contribution is 0.0865. The molecule has 1 saturated carbocycles. The number of rotatable bonds is 2. The maximum absolute atomic E-state index is 12.6. The molecule has 0 spiro atoms. The molecule has 0 radical (unpaired) electrons. The van der Waals surface area contributed by atoms with E-state index in [-0.39, 0.29) is 11.9 Å². The number of carbonyl (C=O) groups excluding carboxylic acids is 1. The molecule has 1 fully saturated rings. The minimum absolute atomic E-state index is 0.135. The number of nitrogens with one attached hydrogen (secondary N) is 1. The fourth-order valence-corrected chi connectivity index (χ4v) is 3.87. The number of hydrogen-bond acceptors (Lipinski definition) is 3. The molecule has 0 saturated heterocycles. The number of aryl methyl sites for hydroxylation is 1. The van der Waals surface area contributed by atoms with Crippen LogP contribution in [0, 0.1) is 18.8 Å². The summed E-state index contributed by atoms with van der Waals surface area (Å²) in [7, 11) is 0. The lowest BCUT2D eigenvalue weighted by atomic mass is 9.78. The molecule has 4 nitrogen and oxygen atoms in total. The van der Waals surface area contributed by atoms with E-state index in [2.05, 4.69) is 36.3 Å².